The Hall–Kier alpha value is -2.11. The molecule has 128 valence electrons. The lowest BCUT2D eigenvalue weighted by atomic mass is 10.00. The van der Waals surface area contributed by atoms with Crippen molar-refractivity contribution in [1.29, 1.82) is 0 Å². The molecule has 1 aromatic carbocycles. The SMILES string of the molecule is CN(C)CCn1cc(O)c(=O)cc1CN1CCc2ccccc2C1. The maximum absolute atomic E-state index is 11.9. The molecule has 0 radical (unpaired) electrons. The first-order valence-electron chi connectivity index (χ1n) is 8.39. The highest BCUT2D eigenvalue weighted by molar-refractivity contribution is 5.29. The highest BCUT2D eigenvalue weighted by Crippen LogP contribution is 2.20. The van der Waals surface area contributed by atoms with Gasteiger partial charge in [0.15, 0.2) is 5.75 Å². The number of benzene rings is 1. The Morgan fingerprint density at radius 1 is 1.21 bits per heavy atom. The molecule has 3 rings (SSSR count). The van der Waals surface area contributed by atoms with Gasteiger partial charge in [0.05, 0.1) is 6.20 Å². The number of hydrogen-bond acceptors (Lipinski definition) is 4. The molecule has 0 unspecified atom stereocenters. The Bertz CT molecular complexity index is 767. The van der Waals surface area contributed by atoms with Crippen molar-refractivity contribution in [1.82, 2.24) is 14.4 Å². The van der Waals surface area contributed by atoms with Gasteiger partial charge in [0.1, 0.15) is 0 Å². The second-order valence-corrected chi connectivity index (χ2v) is 6.74. The third kappa shape index (κ3) is 3.86. The van der Waals surface area contributed by atoms with E-state index in [0.717, 1.165) is 44.8 Å². The minimum atomic E-state index is -0.302. The number of fused-ring (bicyclic) bond motifs is 1. The van der Waals surface area contributed by atoms with Crippen LogP contribution in [-0.2, 0) is 26.1 Å². The van der Waals surface area contributed by atoms with Gasteiger partial charge in [-0.3, -0.25) is 9.69 Å². The molecule has 24 heavy (non-hydrogen) atoms. The summed E-state index contributed by atoms with van der Waals surface area (Å²) in [6, 6.07) is 10.1. The lowest BCUT2D eigenvalue weighted by molar-refractivity contribution is 0.236. The molecule has 0 saturated heterocycles. The summed E-state index contributed by atoms with van der Waals surface area (Å²) < 4.78 is 2.00. The highest BCUT2D eigenvalue weighted by Gasteiger charge is 2.17. The third-order valence-electron chi connectivity index (χ3n) is 4.58. The van der Waals surface area contributed by atoms with E-state index >= 15 is 0 Å². The standard InChI is InChI=1S/C19H25N3O2/c1-20(2)9-10-22-14-19(24)18(23)11-17(22)13-21-8-7-15-5-3-4-6-16(15)12-21/h3-6,11,14,24H,7-10,12-13H2,1-2H3. The molecule has 0 saturated carbocycles. The minimum absolute atomic E-state index is 0.179. The van der Waals surface area contributed by atoms with Crippen LogP contribution in [0, 0.1) is 0 Å². The van der Waals surface area contributed by atoms with Crippen molar-refractivity contribution in [2.75, 3.05) is 27.2 Å². The second-order valence-electron chi connectivity index (χ2n) is 6.74. The van der Waals surface area contributed by atoms with Crippen molar-refractivity contribution in [3.63, 3.8) is 0 Å². The number of pyridine rings is 1. The van der Waals surface area contributed by atoms with Gasteiger partial charge in [-0.2, -0.15) is 0 Å². The molecular weight excluding hydrogens is 302 g/mol. The van der Waals surface area contributed by atoms with Gasteiger partial charge < -0.3 is 14.6 Å². The third-order valence-corrected chi connectivity index (χ3v) is 4.58. The van der Waals surface area contributed by atoms with Crippen LogP contribution in [0.5, 0.6) is 5.75 Å². The maximum atomic E-state index is 11.9. The van der Waals surface area contributed by atoms with Crippen LogP contribution in [0.3, 0.4) is 0 Å². The van der Waals surface area contributed by atoms with Crippen LogP contribution in [0.25, 0.3) is 0 Å². The van der Waals surface area contributed by atoms with E-state index < -0.39 is 0 Å². The molecular formula is C19H25N3O2. The van der Waals surface area contributed by atoms with Crippen molar-refractivity contribution in [2.45, 2.75) is 26.1 Å². The number of nitrogens with zero attached hydrogens (tertiary/aromatic N) is 3. The zero-order chi connectivity index (χ0) is 17.1. The Balaban J connectivity index is 1.79. The number of likely N-dealkylation sites (N-methyl/N-ethyl adjacent to an activating group) is 1. The summed E-state index contributed by atoms with van der Waals surface area (Å²) in [5.41, 5.74) is 3.44. The molecule has 1 aliphatic heterocycles. The fourth-order valence-electron chi connectivity index (χ4n) is 3.17. The van der Waals surface area contributed by atoms with Gasteiger partial charge in [0, 0.05) is 44.5 Å². The molecule has 5 heteroatoms. The highest BCUT2D eigenvalue weighted by atomic mass is 16.3. The fraction of sp³-hybridized carbons (Fsp3) is 0.421. The molecule has 1 aromatic heterocycles. The molecule has 2 heterocycles. The normalized spacial score (nSPS) is 14.8. The van der Waals surface area contributed by atoms with Crippen LogP contribution in [0.1, 0.15) is 16.8 Å². The van der Waals surface area contributed by atoms with Crippen LogP contribution < -0.4 is 5.43 Å². The Kier molecular flexibility index (Phi) is 5.02. The first-order chi connectivity index (χ1) is 11.5. The summed E-state index contributed by atoms with van der Waals surface area (Å²) in [4.78, 5) is 16.3. The van der Waals surface area contributed by atoms with Gasteiger partial charge in [-0.15, -0.1) is 0 Å². The lowest BCUT2D eigenvalue weighted by Crippen LogP contribution is -2.32. The summed E-state index contributed by atoms with van der Waals surface area (Å²) in [5, 5.41) is 9.77. The summed E-state index contributed by atoms with van der Waals surface area (Å²) in [6.45, 7) is 4.22. The fourth-order valence-corrected chi connectivity index (χ4v) is 3.17. The van der Waals surface area contributed by atoms with E-state index in [1.54, 1.807) is 12.3 Å². The van der Waals surface area contributed by atoms with Gasteiger partial charge in [-0.1, -0.05) is 24.3 Å². The van der Waals surface area contributed by atoms with Crippen molar-refractivity contribution in [3.05, 3.63) is 63.6 Å². The zero-order valence-electron chi connectivity index (χ0n) is 14.4. The molecule has 2 aromatic rings. The molecule has 1 aliphatic rings. The Morgan fingerprint density at radius 2 is 1.96 bits per heavy atom. The van der Waals surface area contributed by atoms with Gasteiger partial charge in [-0.05, 0) is 31.6 Å². The summed E-state index contributed by atoms with van der Waals surface area (Å²) in [7, 11) is 4.03. The Labute approximate surface area is 142 Å². The van der Waals surface area contributed by atoms with Crippen LogP contribution >= 0.6 is 0 Å². The largest absolute Gasteiger partial charge is 0.503 e. The van der Waals surface area contributed by atoms with E-state index in [1.165, 1.54) is 11.1 Å². The average molecular weight is 327 g/mol. The van der Waals surface area contributed by atoms with Crippen molar-refractivity contribution in [3.8, 4) is 5.75 Å². The summed E-state index contributed by atoms with van der Waals surface area (Å²) >= 11 is 0. The number of aromatic hydroxyl groups is 1. The second kappa shape index (κ2) is 7.20. The summed E-state index contributed by atoms with van der Waals surface area (Å²) in [6.07, 6.45) is 2.61. The van der Waals surface area contributed by atoms with Gasteiger partial charge in [-0.25, -0.2) is 0 Å². The van der Waals surface area contributed by atoms with Crippen molar-refractivity contribution in [2.24, 2.45) is 0 Å². The van der Waals surface area contributed by atoms with E-state index in [1.807, 2.05) is 18.7 Å². The van der Waals surface area contributed by atoms with Crippen molar-refractivity contribution >= 4 is 0 Å². The lowest BCUT2D eigenvalue weighted by Gasteiger charge is -2.29. The quantitative estimate of drug-likeness (QED) is 0.908. The van der Waals surface area contributed by atoms with E-state index in [4.69, 9.17) is 0 Å². The summed E-state index contributed by atoms with van der Waals surface area (Å²) in [5.74, 6) is -0.179. The average Bonchev–Trinajstić information content (AvgIpc) is 2.56. The van der Waals surface area contributed by atoms with Crippen LogP contribution in [0.2, 0.25) is 0 Å². The van der Waals surface area contributed by atoms with Crippen LogP contribution in [-0.4, -0.2) is 46.7 Å². The molecule has 0 aliphatic carbocycles. The van der Waals surface area contributed by atoms with E-state index in [2.05, 4.69) is 34.1 Å². The molecule has 1 N–H and O–H groups in total. The predicted octanol–water partition coefficient (Wildman–Crippen LogP) is 1.67. The number of aromatic nitrogens is 1. The van der Waals surface area contributed by atoms with E-state index in [0.29, 0.717) is 0 Å². The number of rotatable bonds is 5. The monoisotopic (exact) mass is 327 g/mol. The van der Waals surface area contributed by atoms with E-state index in [-0.39, 0.29) is 11.2 Å². The molecule has 0 bridgehead atoms. The topological polar surface area (TPSA) is 48.7 Å². The van der Waals surface area contributed by atoms with Crippen LogP contribution in [0.4, 0.5) is 0 Å². The minimum Gasteiger partial charge on any atom is -0.503 e. The van der Waals surface area contributed by atoms with Crippen molar-refractivity contribution < 1.29 is 5.11 Å². The Morgan fingerprint density at radius 3 is 2.71 bits per heavy atom. The van der Waals surface area contributed by atoms with E-state index in [9.17, 15) is 9.90 Å². The van der Waals surface area contributed by atoms with Crippen LogP contribution in [0.15, 0.2) is 41.3 Å². The molecule has 0 spiro atoms. The molecule has 5 nitrogen and oxygen atoms in total. The first-order valence-corrected chi connectivity index (χ1v) is 8.39. The van der Waals surface area contributed by atoms with Gasteiger partial charge >= 0.3 is 0 Å². The molecule has 0 amide bonds. The van der Waals surface area contributed by atoms with Gasteiger partial charge in [0.2, 0.25) is 5.43 Å². The molecule has 0 fully saturated rings. The smallest absolute Gasteiger partial charge is 0.223 e. The molecule has 0 atom stereocenters. The maximum Gasteiger partial charge on any atom is 0.223 e. The predicted molar refractivity (Wildman–Crippen MR) is 95.2 cm³/mol. The first kappa shape index (κ1) is 16.7. The number of hydrogen-bond donors (Lipinski definition) is 1. The van der Waals surface area contributed by atoms with Gasteiger partial charge in [0.25, 0.3) is 0 Å². The zero-order valence-corrected chi connectivity index (χ0v) is 14.4.